The van der Waals surface area contributed by atoms with Crippen LogP contribution in [0, 0.1) is 6.92 Å². The first-order chi connectivity index (χ1) is 13.0. The Labute approximate surface area is 158 Å². The van der Waals surface area contributed by atoms with Gasteiger partial charge in [0.25, 0.3) is 11.8 Å². The number of methoxy groups -OCH3 is 2. The molecule has 27 heavy (non-hydrogen) atoms. The molecule has 2 heterocycles. The molecule has 1 aromatic heterocycles. The number of amides is 2. The van der Waals surface area contributed by atoms with E-state index in [1.54, 1.807) is 60.7 Å². The van der Waals surface area contributed by atoms with Gasteiger partial charge in [-0.05, 0) is 36.8 Å². The number of aromatic nitrogens is 1. The smallest absolute Gasteiger partial charge is 0.255 e. The number of benzene rings is 1. The molecule has 1 aliphatic heterocycles. The second kappa shape index (κ2) is 8.07. The van der Waals surface area contributed by atoms with Crippen molar-refractivity contribution in [2.45, 2.75) is 6.92 Å². The van der Waals surface area contributed by atoms with Gasteiger partial charge < -0.3 is 19.3 Å². The van der Waals surface area contributed by atoms with Gasteiger partial charge in [0.2, 0.25) is 0 Å². The molecule has 0 spiro atoms. The Hall–Kier alpha value is -3.09. The lowest BCUT2D eigenvalue weighted by Gasteiger charge is -2.35. The second-order valence-electron chi connectivity index (χ2n) is 6.35. The van der Waals surface area contributed by atoms with Crippen LogP contribution in [-0.4, -0.2) is 67.0 Å². The quantitative estimate of drug-likeness (QED) is 0.824. The van der Waals surface area contributed by atoms with E-state index in [2.05, 4.69) is 4.98 Å². The Morgan fingerprint density at radius 1 is 0.963 bits per heavy atom. The predicted octanol–water partition coefficient (Wildman–Crippen LogP) is 2.01. The first-order valence-corrected chi connectivity index (χ1v) is 8.76. The van der Waals surface area contributed by atoms with Crippen LogP contribution in [-0.2, 0) is 0 Å². The average Bonchev–Trinajstić information content (AvgIpc) is 2.73. The van der Waals surface area contributed by atoms with E-state index in [4.69, 9.17) is 9.47 Å². The Morgan fingerprint density at radius 3 is 2.11 bits per heavy atom. The van der Waals surface area contributed by atoms with Gasteiger partial charge in [0.15, 0.2) is 11.5 Å². The van der Waals surface area contributed by atoms with Crippen molar-refractivity contribution < 1.29 is 19.1 Å². The zero-order valence-corrected chi connectivity index (χ0v) is 15.8. The van der Waals surface area contributed by atoms with Crippen molar-refractivity contribution >= 4 is 11.8 Å². The molecule has 1 fully saturated rings. The maximum absolute atomic E-state index is 13.0. The molecule has 1 aliphatic rings. The summed E-state index contributed by atoms with van der Waals surface area (Å²) in [5, 5.41) is 0. The standard InChI is InChI=1S/C20H23N3O4/c1-14-11-17(26-2)18(27-3)12-16(14)20(25)23-9-7-22(8-10-23)19(24)15-5-4-6-21-13-15/h4-6,11-13H,7-10H2,1-3H3. The maximum Gasteiger partial charge on any atom is 0.255 e. The van der Waals surface area contributed by atoms with Crippen LogP contribution in [0.4, 0.5) is 0 Å². The largest absolute Gasteiger partial charge is 0.493 e. The van der Waals surface area contributed by atoms with Gasteiger partial charge in [0.1, 0.15) is 0 Å². The highest BCUT2D eigenvalue weighted by Crippen LogP contribution is 2.31. The van der Waals surface area contributed by atoms with Gasteiger partial charge in [-0.2, -0.15) is 0 Å². The minimum atomic E-state index is -0.0677. The number of hydrogen-bond acceptors (Lipinski definition) is 5. The molecule has 1 saturated heterocycles. The topological polar surface area (TPSA) is 72.0 Å². The molecular weight excluding hydrogens is 346 g/mol. The number of carbonyl (C=O) groups excluding carboxylic acids is 2. The fourth-order valence-electron chi connectivity index (χ4n) is 3.17. The number of hydrogen-bond donors (Lipinski definition) is 0. The number of carbonyl (C=O) groups is 2. The molecule has 2 amide bonds. The SMILES string of the molecule is COc1cc(C)c(C(=O)N2CCN(C(=O)c3cccnc3)CC2)cc1OC. The summed E-state index contributed by atoms with van der Waals surface area (Å²) in [6.07, 6.45) is 3.20. The van der Waals surface area contributed by atoms with Crippen LogP contribution in [0.5, 0.6) is 11.5 Å². The molecule has 0 atom stereocenters. The van der Waals surface area contributed by atoms with Gasteiger partial charge >= 0.3 is 0 Å². The van der Waals surface area contributed by atoms with Gasteiger partial charge in [-0.25, -0.2) is 0 Å². The minimum Gasteiger partial charge on any atom is -0.493 e. The van der Waals surface area contributed by atoms with E-state index < -0.39 is 0 Å². The van der Waals surface area contributed by atoms with E-state index in [9.17, 15) is 9.59 Å². The molecule has 2 aromatic rings. The van der Waals surface area contributed by atoms with Crippen molar-refractivity contribution in [1.82, 2.24) is 14.8 Å². The number of nitrogens with zero attached hydrogens (tertiary/aromatic N) is 3. The summed E-state index contributed by atoms with van der Waals surface area (Å²) >= 11 is 0. The number of aryl methyl sites for hydroxylation is 1. The lowest BCUT2D eigenvalue weighted by Crippen LogP contribution is -2.50. The third kappa shape index (κ3) is 3.86. The van der Waals surface area contributed by atoms with Gasteiger partial charge in [-0.3, -0.25) is 14.6 Å². The van der Waals surface area contributed by atoms with Crippen LogP contribution in [0.25, 0.3) is 0 Å². The molecule has 0 bridgehead atoms. The van der Waals surface area contributed by atoms with E-state index in [0.717, 1.165) is 5.56 Å². The highest BCUT2D eigenvalue weighted by atomic mass is 16.5. The van der Waals surface area contributed by atoms with E-state index in [-0.39, 0.29) is 11.8 Å². The van der Waals surface area contributed by atoms with E-state index >= 15 is 0 Å². The Balaban J connectivity index is 1.69. The molecule has 0 unspecified atom stereocenters. The molecule has 3 rings (SSSR count). The van der Waals surface area contributed by atoms with Gasteiger partial charge in [-0.1, -0.05) is 0 Å². The first kappa shape index (κ1) is 18.7. The second-order valence-corrected chi connectivity index (χ2v) is 6.35. The number of rotatable bonds is 4. The lowest BCUT2D eigenvalue weighted by molar-refractivity contribution is 0.0534. The Morgan fingerprint density at radius 2 is 1.56 bits per heavy atom. The minimum absolute atomic E-state index is 0.0579. The fourth-order valence-corrected chi connectivity index (χ4v) is 3.17. The molecular formula is C20H23N3O4. The zero-order chi connectivity index (χ0) is 19.4. The summed E-state index contributed by atoms with van der Waals surface area (Å²) in [7, 11) is 3.11. The average molecular weight is 369 g/mol. The van der Waals surface area contributed by atoms with Crippen molar-refractivity contribution in [2.75, 3.05) is 40.4 Å². The highest BCUT2D eigenvalue weighted by Gasteiger charge is 2.27. The summed E-state index contributed by atoms with van der Waals surface area (Å²) < 4.78 is 10.6. The van der Waals surface area contributed by atoms with Crippen LogP contribution in [0.2, 0.25) is 0 Å². The number of ether oxygens (including phenoxy) is 2. The van der Waals surface area contributed by atoms with Crippen molar-refractivity contribution in [2.24, 2.45) is 0 Å². The molecule has 7 heteroatoms. The van der Waals surface area contributed by atoms with Gasteiger partial charge in [0, 0.05) is 44.1 Å². The highest BCUT2D eigenvalue weighted by molar-refractivity contribution is 5.97. The number of pyridine rings is 1. The van der Waals surface area contributed by atoms with Crippen molar-refractivity contribution in [3.63, 3.8) is 0 Å². The summed E-state index contributed by atoms with van der Waals surface area (Å²) in [5.41, 5.74) is 1.97. The van der Waals surface area contributed by atoms with Crippen LogP contribution >= 0.6 is 0 Å². The maximum atomic E-state index is 13.0. The monoisotopic (exact) mass is 369 g/mol. The third-order valence-corrected chi connectivity index (χ3v) is 4.72. The fraction of sp³-hybridized carbons (Fsp3) is 0.350. The molecule has 0 N–H and O–H groups in total. The summed E-state index contributed by atoms with van der Waals surface area (Å²) in [4.78, 5) is 33.0. The van der Waals surface area contributed by atoms with Crippen LogP contribution in [0.15, 0.2) is 36.7 Å². The number of piperazine rings is 1. The Kier molecular flexibility index (Phi) is 5.59. The molecule has 0 aliphatic carbocycles. The van der Waals surface area contributed by atoms with E-state index in [1.807, 2.05) is 6.92 Å². The normalized spacial score (nSPS) is 14.0. The van der Waals surface area contributed by atoms with Gasteiger partial charge in [-0.15, -0.1) is 0 Å². The third-order valence-electron chi connectivity index (χ3n) is 4.72. The van der Waals surface area contributed by atoms with Crippen molar-refractivity contribution in [3.05, 3.63) is 53.3 Å². The predicted molar refractivity (Wildman–Crippen MR) is 100 cm³/mol. The van der Waals surface area contributed by atoms with E-state index in [0.29, 0.717) is 48.8 Å². The van der Waals surface area contributed by atoms with Gasteiger partial charge in [0.05, 0.1) is 19.8 Å². The van der Waals surface area contributed by atoms with Crippen molar-refractivity contribution in [3.8, 4) is 11.5 Å². The molecule has 0 radical (unpaired) electrons. The summed E-state index contributed by atoms with van der Waals surface area (Å²) in [6, 6.07) is 7.00. The lowest BCUT2D eigenvalue weighted by atomic mass is 10.1. The van der Waals surface area contributed by atoms with Crippen LogP contribution in [0.1, 0.15) is 26.3 Å². The molecule has 0 saturated carbocycles. The summed E-state index contributed by atoms with van der Waals surface area (Å²) in [6.45, 7) is 3.83. The Bertz CT molecular complexity index is 831. The van der Waals surface area contributed by atoms with Crippen molar-refractivity contribution in [1.29, 1.82) is 0 Å². The zero-order valence-electron chi connectivity index (χ0n) is 15.8. The first-order valence-electron chi connectivity index (χ1n) is 8.76. The van der Waals surface area contributed by atoms with E-state index in [1.165, 1.54) is 0 Å². The molecule has 142 valence electrons. The molecule has 7 nitrogen and oxygen atoms in total. The van der Waals surface area contributed by atoms with Crippen LogP contribution < -0.4 is 9.47 Å². The summed E-state index contributed by atoms with van der Waals surface area (Å²) in [5.74, 6) is 0.995. The molecule has 1 aromatic carbocycles. The van der Waals surface area contributed by atoms with Crippen LogP contribution in [0.3, 0.4) is 0 Å².